The molecule has 2 rings (SSSR count). The van der Waals surface area contributed by atoms with E-state index < -0.39 is 11.5 Å². The van der Waals surface area contributed by atoms with Crippen LogP contribution in [-0.4, -0.2) is 22.5 Å². The maximum absolute atomic E-state index is 12.5. The van der Waals surface area contributed by atoms with Gasteiger partial charge in [-0.3, -0.25) is 9.59 Å². The second-order valence-corrected chi connectivity index (χ2v) is 6.59. The lowest BCUT2D eigenvalue weighted by molar-refractivity contribution is -0.138. The van der Waals surface area contributed by atoms with Crippen LogP contribution in [0.3, 0.4) is 0 Å². The Labute approximate surface area is 132 Å². The fourth-order valence-electron chi connectivity index (χ4n) is 2.85. The number of carboxylic acid groups (broad SMARTS) is 1. The number of nitrogens with one attached hydrogen (secondary N) is 1. The van der Waals surface area contributed by atoms with Gasteiger partial charge in [-0.15, -0.1) is 0 Å². The van der Waals surface area contributed by atoms with E-state index in [1.54, 1.807) is 6.07 Å². The lowest BCUT2D eigenvalue weighted by atomic mass is 9.92. The van der Waals surface area contributed by atoms with E-state index in [2.05, 4.69) is 27.9 Å². The molecule has 4 nitrogen and oxygen atoms in total. The number of carboxylic acids is 1. The van der Waals surface area contributed by atoms with Gasteiger partial charge in [-0.2, -0.15) is 0 Å². The molecule has 108 valence electrons. The normalized spacial score (nSPS) is 16.9. The van der Waals surface area contributed by atoms with Gasteiger partial charge in [0.2, 0.25) is 0 Å². The number of carbonyl (C=O) groups excluding carboxylic acids is 1. The zero-order valence-corrected chi connectivity index (χ0v) is 13.6. The van der Waals surface area contributed by atoms with Gasteiger partial charge >= 0.3 is 5.97 Å². The van der Waals surface area contributed by atoms with Crippen LogP contribution in [0, 0.1) is 10.5 Å². The molecular formula is C15H18INO3. The minimum Gasteiger partial charge on any atom is -0.481 e. The van der Waals surface area contributed by atoms with E-state index in [-0.39, 0.29) is 12.3 Å². The summed E-state index contributed by atoms with van der Waals surface area (Å²) < 4.78 is 1.04. The van der Waals surface area contributed by atoms with E-state index in [9.17, 15) is 9.59 Å². The van der Waals surface area contributed by atoms with Gasteiger partial charge in [-0.05, 0) is 60.1 Å². The summed E-state index contributed by atoms with van der Waals surface area (Å²) in [6.07, 6.45) is 3.43. The summed E-state index contributed by atoms with van der Waals surface area (Å²) in [5, 5.41) is 12.1. The molecule has 1 aromatic carbocycles. The molecule has 1 aliphatic rings. The van der Waals surface area contributed by atoms with Gasteiger partial charge in [0.25, 0.3) is 5.91 Å². The van der Waals surface area contributed by atoms with Gasteiger partial charge in [0.15, 0.2) is 0 Å². The van der Waals surface area contributed by atoms with Crippen LogP contribution in [-0.2, 0) is 4.79 Å². The molecule has 0 atom stereocenters. The van der Waals surface area contributed by atoms with Crippen molar-refractivity contribution in [2.24, 2.45) is 0 Å². The molecule has 0 spiro atoms. The van der Waals surface area contributed by atoms with Crippen LogP contribution >= 0.6 is 22.6 Å². The summed E-state index contributed by atoms with van der Waals surface area (Å²) in [6, 6.07) is 5.59. The van der Waals surface area contributed by atoms with Gasteiger partial charge in [0.05, 0.1) is 12.0 Å². The molecule has 1 aliphatic carbocycles. The largest absolute Gasteiger partial charge is 0.481 e. The molecule has 1 amide bonds. The molecular weight excluding hydrogens is 369 g/mol. The number of amides is 1. The standard InChI is InChI=1S/C15H18INO3/c1-10-11(5-4-6-12(10)16)14(20)17-15(9-13(18)19)7-2-3-8-15/h4-6H,2-3,7-9H2,1H3,(H,17,20)(H,18,19). The molecule has 0 bridgehead atoms. The predicted molar refractivity (Wildman–Crippen MR) is 84.8 cm³/mol. The fraction of sp³-hybridized carbons (Fsp3) is 0.467. The lowest BCUT2D eigenvalue weighted by Gasteiger charge is -2.29. The molecule has 0 heterocycles. The van der Waals surface area contributed by atoms with Crippen molar-refractivity contribution in [3.8, 4) is 0 Å². The van der Waals surface area contributed by atoms with Crippen LogP contribution in [0.5, 0.6) is 0 Å². The molecule has 20 heavy (non-hydrogen) atoms. The molecule has 5 heteroatoms. The van der Waals surface area contributed by atoms with E-state index in [0.29, 0.717) is 5.56 Å². The van der Waals surface area contributed by atoms with Crippen molar-refractivity contribution in [3.05, 3.63) is 32.9 Å². The van der Waals surface area contributed by atoms with Crippen molar-refractivity contribution in [2.45, 2.75) is 44.6 Å². The Hall–Kier alpha value is -1.11. The Morgan fingerprint density at radius 3 is 2.60 bits per heavy atom. The van der Waals surface area contributed by atoms with Crippen LogP contribution in [0.2, 0.25) is 0 Å². The van der Waals surface area contributed by atoms with E-state index >= 15 is 0 Å². The third kappa shape index (κ3) is 3.31. The van der Waals surface area contributed by atoms with Crippen LogP contribution in [0.4, 0.5) is 0 Å². The molecule has 0 aliphatic heterocycles. The first-order chi connectivity index (χ1) is 9.43. The van der Waals surface area contributed by atoms with Crippen LogP contribution < -0.4 is 5.32 Å². The van der Waals surface area contributed by atoms with E-state index in [1.165, 1.54) is 0 Å². The second-order valence-electron chi connectivity index (χ2n) is 5.42. The smallest absolute Gasteiger partial charge is 0.305 e. The number of carbonyl (C=O) groups is 2. The third-order valence-electron chi connectivity index (χ3n) is 3.94. The van der Waals surface area contributed by atoms with E-state index in [1.807, 2.05) is 19.1 Å². The lowest BCUT2D eigenvalue weighted by Crippen LogP contribution is -2.48. The predicted octanol–water partition coefficient (Wildman–Crippen LogP) is 3.12. The number of aliphatic carboxylic acids is 1. The first kappa shape index (κ1) is 15.3. The van der Waals surface area contributed by atoms with Crippen molar-refractivity contribution >= 4 is 34.5 Å². The maximum atomic E-state index is 12.5. The Bertz CT molecular complexity index is 536. The fourth-order valence-corrected chi connectivity index (χ4v) is 3.35. The molecule has 1 aromatic rings. The highest BCUT2D eigenvalue weighted by molar-refractivity contribution is 14.1. The van der Waals surface area contributed by atoms with Crippen LogP contribution in [0.15, 0.2) is 18.2 Å². The summed E-state index contributed by atoms with van der Waals surface area (Å²) in [4.78, 5) is 23.5. The van der Waals surface area contributed by atoms with Crippen molar-refractivity contribution in [2.75, 3.05) is 0 Å². The minimum atomic E-state index is -0.855. The molecule has 2 N–H and O–H groups in total. The van der Waals surface area contributed by atoms with E-state index in [4.69, 9.17) is 5.11 Å². The van der Waals surface area contributed by atoms with Crippen LogP contribution in [0.25, 0.3) is 0 Å². The molecule has 0 radical (unpaired) electrons. The summed E-state index contributed by atoms with van der Waals surface area (Å²) >= 11 is 2.20. The number of hydrogen-bond donors (Lipinski definition) is 2. The second kappa shape index (κ2) is 6.11. The zero-order valence-electron chi connectivity index (χ0n) is 11.4. The van der Waals surface area contributed by atoms with Gasteiger partial charge in [0.1, 0.15) is 0 Å². The molecule has 0 aromatic heterocycles. The summed E-state index contributed by atoms with van der Waals surface area (Å²) in [5.74, 6) is -1.02. The zero-order chi connectivity index (χ0) is 14.8. The molecule has 0 unspecified atom stereocenters. The molecule has 0 saturated heterocycles. The topological polar surface area (TPSA) is 66.4 Å². The minimum absolute atomic E-state index is 0.00170. The number of halogens is 1. The monoisotopic (exact) mass is 387 g/mol. The van der Waals surface area contributed by atoms with Crippen LogP contribution in [0.1, 0.15) is 48.0 Å². The number of hydrogen-bond acceptors (Lipinski definition) is 2. The van der Waals surface area contributed by atoms with Gasteiger partial charge in [0, 0.05) is 9.13 Å². The number of benzene rings is 1. The first-order valence-electron chi connectivity index (χ1n) is 6.73. The van der Waals surface area contributed by atoms with Crippen molar-refractivity contribution in [1.29, 1.82) is 0 Å². The summed E-state index contributed by atoms with van der Waals surface area (Å²) in [7, 11) is 0. The average Bonchev–Trinajstić information content (AvgIpc) is 2.79. The van der Waals surface area contributed by atoms with Crippen molar-refractivity contribution in [1.82, 2.24) is 5.32 Å². The highest BCUT2D eigenvalue weighted by atomic mass is 127. The SMILES string of the molecule is Cc1c(I)cccc1C(=O)NC1(CC(=O)O)CCCC1. The quantitative estimate of drug-likeness (QED) is 0.781. The highest BCUT2D eigenvalue weighted by Crippen LogP contribution is 2.33. The van der Waals surface area contributed by atoms with Gasteiger partial charge in [-0.1, -0.05) is 18.9 Å². The maximum Gasteiger partial charge on any atom is 0.305 e. The molecule has 1 fully saturated rings. The van der Waals surface area contributed by atoms with Crippen molar-refractivity contribution < 1.29 is 14.7 Å². The Morgan fingerprint density at radius 1 is 1.35 bits per heavy atom. The Kier molecular flexibility index (Phi) is 4.67. The number of rotatable bonds is 4. The van der Waals surface area contributed by atoms with Gasteiger partial charge in [-0.25, -0.2) is 0 Å². The first-order valence-corrected chi connectivity index (χ1v) is 7.81. The Balaban J connectivity index is 2.20. The summed E-state index contributed by atoms with van der Waals surface area (Å²) in [6.45, 7) is 1.91. The van der Waals surface area contributed by atoms with Gasteiger partial charge < -0.3 is 10.4 Å². The van der Waals surface area contributed by atoms with Crippen molar-refractivity contribution in [3.63, 3.8) is 0 Å². The van der Waals surface area contributed by atoms with E-state index in [0.717, 1.165) is 34.8 Å². The molecule has 1 saturated carbocycles. The highest BCUT2D eigenvalue weighted by Gasteiger charge is 2.37. The Morgan fingerprint density at radius 2 is 2.00 bits per heavy atom. The summed E-state index contributed by atoms with van der Waals surface area (Å²) in [5.41, 5.74) is 0.999. The average molecular weight is 387 g/mol. The third-order valence-corrected chi connectivity index (χ3v) is 5.11.